The number of aromatic nitrogens is 2. The molecular formula is C13H22ClN3O. The zero-order valence-electron chi connectivity index (χ0n) is 11.1. The minimum Gasteiger partial charge on any atom is -0.388 e. The molecule has 102 valence electrons. The molecular weight excluding hydrogens is 250 g/mol. The molecule has 0 aromatic carbocycles. The lowest BCUT2D eigenvalue weighted by Crippen LogP contribution is -2.42. The summed E-state index contributed by atoms with van der Waals surface area (Å²) >= 11 is 6.36. The van der Waals surface area contributed by atoms with E-state index in [0.717, 1.165) is 37.2 Å². The predicted octanol–water partition coefficient (Wildman–Crippen LogP) is 1.76. The summed E-state index contributed by atoms with van der Waals surface area (Å²) in [6.07, 6.45) is 3.44. The van der Waals surface area contributed by atoms with Crippen LogP contribution in [0.1, 0.15) is 38.1 Å². The van der Waals surface area contributed by atoms with Crippen LogP contribution >= 0.6 is 11.6 Å². The van der Waals surface area contributed by atoms with E-state index in [1.54, 1.807) is 0 Å². The first-order valence-electron chi connectivity index (χ1n) is 6.72. The first-order valence-corrected chi connectivity index (χ1v) is 7.10. The Bertz CT molecular complexity index is 428. The summed E-state index contributed by atoms with van der Waals surface area (Å²) in [7, 11) is 0. The van der Waals surface area contributed by atoms with E-state index in [2.05, 4.69) is 5.10 Å². The first kappa shape index (κ1) is 13.8. The molecule has 1 aromatic heterocycles. The number of hydrogen-bond donors (Lipinski definition) is 2. The molecule has 0 radical (unpaired) electrons. The van der Waals surface area contributed by atoms with Gasteiger partial charge < -0.3 is 10.8 Å². The summed E-state index contributed by atoms with van der Waals surface area (Å²) < 4.78 is 1.89. The first-order chi connectivity index (χ1) is 8.55. The maximum atomic E-state index is 10.6. The average Bonchev–Trinajstić information content (AvgIpc) is 3.18. The van der Waals surface area contributed by atoms with Crippen LogP contribution in [0.4, 0.5) is 0 Å². The van der Waals surface area contributed by atoms with Gasteiger partial charge in [-0.1, -0.05) is 18.5 Å². The summed E-state index contributed by atoms with van der Waals surface area (Å²) in [5.74, 6) is 0.323. The van der Waals surface area contributed by atoms with Crippen molar-refractivity contribution in [1.82, 2.24) is 9.78 Å². The summed E-state index contributed by atoms with van der Waals surface area (Å²) in [5, 5.41) is 15.8. The number of nitrogens with zero attached hydrogens (tertiary/aromatic N) is 2. The highest BCUT2D eigenvalue weighted by Gasteiger charge is 2.43. The topological polar surface area (TPSA) is 64.1 Å². The Morgan fingerprint density at radius 3 is 2.61 bits per heavy atom. The van der Waals surface area contributed by atoms with Crippen molar-refractivity contribution in [2.45, 2.75) is 51.7 Å². The van der Waals surface area contributed by atoms with Crippen LogP contribution in [0.25, 0.3) is 0 Å². The van der Waals surface area contributed by atoms with Gasteiger partial charge in [-0.2, -0.15) is 5.10 Å². The van der Waals surface area contributed by atoms with Gasteiger partial charge in [0.2, 0.25) is 0 Å². The molecule has 1 unspecified atom stereocenters. The summed E-state index contributed by atoms with van der Waals surface area (Å²) in [5.41, 5.74) is 6.77. The van der Waals surface area contributed by atoms with Gasteiger partial charge in [-0.25, -0.2) is 0 Å². The largest absolute Gasteiger partial charge is 0.388 e. The fourth-order valence-electron chi connectivity index (χ4n) is 2.48. The van der Waals surface area contributed by atoms with Gasteiger partial charge in [-0.15, -0.1) is 0 Å². The predicted molar refractivity (Wildman–Crippen MR) is 72.7 cm³/mol. The van der Waals surface area contributed by atoms with E-state index in [4.69, 9.17) is 17.3 Å². The fraction of sp³-hybridized carbons (Fsp3) is 0.769. The SMILES string of the molecule is CCc1nn(CC)c(CC(O)(CN)C2CC2)c1Cl. The molecule has 1 heterocycles. The molecule has 1 saturated carbocycles. The van der Waals surface area contributed by atoms with Crippen LogP contribution in [0.3, 0.4) is 0 Å². The lowest BCUT2D eigenvalue weighted by molar-refractivity contribution is 0.0248. The molecule has 0 spiro atoms. The highest BCUT2D eigenvalue weighted by molar-refractivity contribution is 6.31. The molecule has 0 aliphatic heterocycles. The average molecular weight is 272 g/mol. The third kappa shape index (κ3) is 2.42. The number of aliphatic hydroxyl groups is 1. The van der Waals surface area contributed by atoms with Crippen molar-refractivity contribution in [1.29, 1.82) is 0 Å². The standard InChI is InChI=1S/C13H22ClN3O/c1-3-10-12(14)11(17(4-2)16-10)7-13(18,8-15)9-5-6-9/h9,18H,3-8,15H2,1-2H3. The number of rotatable bonds is 6. The Morgan fingerprint density at radius 1 is 1.50 bits per heavy atom. The Kier molecular flexibility index (Phi) is 3.99. The quantitative estimate of drug-likeness (QED) is 0.829. The Hall–Kier alpha value is -0.580. The molecule has 18 heavy (non-hydrogen) atoms. The van der Waals surface area contributed by atoms with Gasteiger partial charge in [-0.3, -0.25) is 4.68 Å². The summed E-state index contributed by atoms with van der Waals surface area (Å²) in [6.45, 7) is 5.11. The lowest BCUT2D eigenvalue weighted by Gasteiger charge is -2.26. The monoisotopic (exact) mass is 271 g/mol. The van der Waals surface area contributed by atoms with Gasteiger partial charge in [0.05, 0.1) is 22.0 Å². The van der Waals surface area contributed by atoms with Crippen molar-refractivity contribution >= 4 is 11.6 Å². The number of nitrogens with two attached hydrogens (primary N) is 1. The van der Waals surface area contributed by atoms with E-state index in [-0.39, 0.29) is 6.54 Å². The highest BCUT2D eigenvalue weighted by atomic mass is 35.5. The van der Waals surface area contributed by atoms with Crippen molar-refractivity contribution < 1.29 is 5.11 Å². The molecule has 1 aliphatic carbocycles. The van der Waals surface area contributed by atoms with Crippen molar-refractivity contribution in [2.75, 3.05) is 6.54 Å². The van der Waals surface area contributed by atoms with Gasteiger partial charge in [-0.05, 0) is 32.1 Å². The zero-order chi connectivity index (χ0) is 13.3. The normalized spacial score (nSPS) is 18.9. The molecule has 1 atom stereocenters. The highest BCUT2D eigenvalue weighted by Crippen LogP contribution is 2.42. The van der Waals surface area contributed by atoms with Gasteiger partial charge >= 0.3 is 0 Å². The Balaban J connectivity index is 2.29. The number of halogens is 1. The van der Waals surface area contributed by atoms with Gasteiger partial charge in [0.25, 0.3) is 0 Å². The maximum absolute atomic E-state index is 10.6. The molecule has 1 fully saturated rings. The molecule has 0 bridgehead atoms. The second-order valence-electron chi connectivity index (χ2n) is 5.14. The zero-order valence-corrected chi connectivity index (χ0v) is 11.9. The van der Waals surface area contributed by atoms with Crippen molar-refractivity contribution in [3.63, 3.8) is 0 Å². The van der Waals surface area contributed by atoms with Crippen LogP contribution in [0, 0.1) is 5.92 Å². The fourth-order valence-corrected chi connectivity index (χ4v) is 2.82. The molecule has 1 aliphatic rings. The van der Waals surface area contributed by atoms with Crippen molar-refractivity contribution in [3.8, 4) is 0 Å². The number of hydrogen-bond acceptors (Lipinski definition) is 3. The third-order valence-electron chi connectivity index (χ3n) is 3.86. The Labute approximate surface area is 113 Å². The molecule has 1 aromatic rings. The van der Waals surface area contributed by atoms with Gasteiger partial charge in [0.1, 0.15) is 0 Å². The van der Waals surface area contributed by atoms with Gasteiger partial charge in [0, 0.05) is 19.5 Å². The van der Waals surface area contributed by atoms with Crippen LogP contribution in [0.2, 0.25) is 5.02 Å². The van der Waals surface area contributed by atoms with E-state index in [0.29, 0.717) is 17.4 Å². The lowest BCUT2D eigenvalue weighted by atomic mass is 9.92. The molecule has 5 heteroatoms. The molecule has 3 N–H and O–H groups in total. The van der Waals surface area contributed by atoms with Crippen molar-refractivity contribution in [3.05, 3.63) is 16.4 Å². The molecule has 4 nitrogen and oxygen atoms in total. The summed E-state index contributed by atoms with van der Waals surface area (Å²) in [6, 6.07) is 0. The Morgan fingerprint density at radius 2 is 2.17 bits per heavy atom. The maximum Gasteiger partial charge on any atom is 0.0852 e. The van der Waals surface area contributed by atoms with E-state index in [9.17, 15) is 5.11 Å². The minimum atomic E-state index is -0.818. The minimum absolute atomic E-state index is 0.282. The second kappa shape index (κ2) is 5.19. The van der Waals surface area contributed by atoms with Crippen LogP contribution in [-0.2, 0) is 19.4 Å². The summed E-state index contributed by atoms with van der Waals surface area (Å²) in [4.78, 5) is 0. The van der Waals surface area contributed by atoms with Gasteiger partial charge in [0.15, 0.2) is 0 Å². The van der Waals surface area contributed by atoms with Crippen LogP contribution in [-0.4, -0.2) is 27.0 Å². The van der Waals surface area contributed by atoms with E-state index in [1.807, 2.05) is 18.5 Å². The van der Waals surface area contributed by atoms with Crippen molar-refractivity contribution in [2.24, 2.45) is 11.7 Å². The third-order valence-corrected chi connectivity index (χ3v) is 4.29. The van der Waals surface area contributed by atoms with Crippen LogP contribution in [0.5, 0.6) is 0 Å². The molecule has 0 saturated heterocycles. The van der Waals surface area contributed by atoms with E-state index in [1.165, 1.54) is 0 Å². The van der Waals surface area contributed by atoms with E-state index >= 15 is 0 Å². The smallest absolute Gasteiger partial charge is 0.0852 e. The number of aryl methyl sites for hydroxylation is 2. The van der Waals surface area contributed by atoms with E-state index < -0.39 is 5.60 Å². The van der Waals surface area contributed by atoms with Crippen LogP contribution in [0.15, 0.2) is 0 Å². The molecule has 0 amide bonds. The molecule has 2 rings (SSSR count). The van der Waals surface area contributed by atoms with Crippen LogP contribution < -0.4 is 5.73 Å². The second-order valence-corrected chi connectivity index (χ2v) is 5.51.